The fourth-order valence-corrected chi connectivity index (χ4v) is 2.38. The number of nitrogens with one attached hydrogen (secondary N) is 1. The normalized spacial score (nSPS) is 19.3. The molecule has 0 aliphatic carbocycles. The van der Waals surface area contributed by atoms with E-state index in [9.17, 15) is 4.79 Å². The maximum atomic E-state index is 12.4. The van der Waals surface area contributed by atoms with Crippen LogP contribution in [0, 0.1) is 0 Å². The summed E-state index contributed by atoms with van der Waals surface area (Å²) in [5, 5.41) is 9.07. The molecule has 0 bridgehead atoms. The number of hydrazine groups is 1. The van der Waals surface area contributed by atoms with Crippen molar-refractivity contribution in [3.63, 3.8) is 0 Å². The third-order valence-corrected chi connectivity index (χ3v) is 3.37. The van der Waals surface area contributed by atoms with Gasteiger partial charge >= 0.3 is 0 Å². The molecule has 1 aliphatic heterocycles. The van der Waals surface area contributed by atoms with E-state index in [0.29, 0.717) is 24.5 Å². The molecule has 1 saturated heterocycles. The molecule has 1 aromatic heterocycles. The molecule has 2 heterocycles. The van der Waals surface area contributed by atoms with Crippen molar-refractivity contribution in [3.05, 3.63) is 18.1 Å². The summed E-state index contributed by atoms with van der Waals surface area (Å²) in [7, 11) is 0. The van der Waals surface area contributed by atoms with E-state index < -0.39 is 0 Å². The number of rotatable bonds is 4. The van der Waals surface area contributed by atoms with Crippen molar-refractivity contribution in [2.45, 2.75) is 31.7 Å². The first-order valence-electron chi connectivity index (χ1n) is 6.46. The average molecular weight is 265 g/mol. The fourth-order valence-electron chi connectivity index (χ4n) is 2.38. The molecule has 0 saturated carbocycles. The number of likely N-dealkylation sites (tertiary alicyclic amines) is 1. The second kappa shape index (κ2) is 6.44. The van der Waals surface area contributed by atoms with E-state index in [1.165, 1.54) is 12.4 Å². The summed E-state index contributed by atoms with van der Waals surface area (Å²) in [6.07, 6.45) is 6.48. The summed E-state index contributed by atoms with van der Waals surface area (Å²) in [6.45, 7) is 0.804. The number of aliphatic hydroxyl groups is 1. The standard InChI is InChI=1S/C12H19N5O2/c13-16-11-8-14-10(7-15-11)12(19)17-5-2-1-3-9(17)4-6-18/h7-9,18H,1-6,13H2,(H,15,16). The van der Waals surface area contributed by atoms with Crippen LogP contribution in [0.5, 0.6) is 0 Å². The molecule has 1 fully saturated rings. The number of aliphatic hydroxyl groups excluding tert-OH is 1. The van der Waals surface area contributed by atoms with Crippen LogP contribution < -0.4 is 11.3 Å². The van der Waals surface area contributed by atoms with E-state index >= 15 is 0 Å². The number of nitrogens with two attached hydrogens (primary N) is 1. The number of aromatic nitrogens is 2. The lowest BCUT2D eigenvalue weighted by Crippen LogP contribution is -2.44. The van der Waals surface area contributed by atoms with Gasteiger partial charge < -0.3 is 15.4 Å². The first-order chi connectivity index (χ1) is 9.26. The second-order valence-electron chi connectivity index (χ2n) is 4.59. The molecular formula is C12H19N5O2. The summed E-state index contributed by atoms with van der Waals surface area (Å²) in [4.78, 5) is 22.2. The number of carbonyl (C=O) groups is 1. The molecule has 19 heavy (non-hydrogen) atoms. The molecule has 1 unspecified atom stereocenters. The minimum Gasteiger partial charge on any atom is -0.396 e. The van der Waals surface area contributed by atoms with Gasteiger partial charge in [-0.1, -0.05) is 0 Å². The highest BCUT2D eigenvalue weighted by Crippen LogP contribution is 2.21. The predicted octanol–water partition coefficient (Wildman–Crippen LogP) is 0.139. The van der Waals surface area contributed by atoms with Crippen molar-refractivity contribution >= 4 is 11.7 Å². The van der Waals surface area contributed by atoms with Gasteiger partial charge in [-0.2, -0.15) is 0 Å². The van der Waals surface area contributed by atoms with Crippen molar-refractivity contribution < 1.29 is 9.90 Å². The SMILES string of the molecule is NNc1cnc(C(=O)N2CCCCC2CCO)cn1. The molecule has 1 aliphatic rings. The van der Waals surface area contributed by atoms with Crippen LogP contribution in [0.25, 0.3) is 0 Å². The van der Waals surface area contributed by atoms with Crippen LogP contribution in [0.1, 0.15) is 36.2 Å². The number of carbonyl (C=O) groups excluding carboxylic acids is 1. The molecule has 0 radical (unpaired) electrons. The molecular weight excluding hydrogens is 246 g/mol. The van der Waals surface area contributed by atoms with Crippen molar-refractivity contribution in [1.82, 2.24) is 14.9 Å². The number of nitrogen functional groups attached to an aromatic ring is 1. The van der Waals surface area contributed by atoms with Crippen LogP contribution >= 0.6 is 0 Å². The van der Waals surface area contributed by atoms with Crippen molar-refractivity contribution in [1.29, 1.82) is 0 Å². The van der Waals surface area contributed by atoms with Gasteiger partial charge in [0, 0.05) is 19.2 Å². The van der Waals surface area contributed by atoms with Gasteiger partial charge in [0.15, 0.2) is 5.82 Å². The quantitative estimate of drug-likeness (QED) is 0.528. The summed E-state index contributed by atoms with van der Waals surface area (Å²) < 4.78 is 0. The van der Waals surface area contributed by atoms with E-state index in [-0.39, 0.29) is 18.6 Å². The third kappa shape index (κ3) is 3.18. The second-order valence-corrected chi connectivity index (χ2v) is 4.59. The number of anilines is 1. The number of piperidine rings is 1. The molecule has 1 atom stereocenters. The lowest BCUT2D eigenvalue weighted by molar-refractivity contribution is 0.0568. The van der Waals surface area contributed by atoms with Crippen LogP contribution in [0.4, 0.5) is 5.82 Å². The van der Waals surface area contributed by atoms with Crippen molar-refractivity contribution in [3.8, 4) is 0 Å². The highest BCUT2D eigenvalue weighted by Gasteiger charge is 2.27. The van der Waals surface area contributed by atoms with Gasteiger partial charge in [-0.05, 0) is 25.7 Å². The van der Waals surface area contributed by atoms with Crippen LogP contribution in [-0.4, -0.2) is 45.1 Å². The molecule has 4 N–H and O–H groups in total. The molecule has 0 aromatic carbocycles. The molecule has 0 spiro atoms. The zero-order valence-corrected chi connectivity index (χ0v) is 10.7. The van der Waals surface area contributed by atoms with Crippen LogP contribution in [0.2, 0.25) is 0 Å². The molecule has 2 rings (SSSR count). The Labute approximate surface area is 111 Å². The maximum absolute atomic E-state index is 12.4. The summed E-state index contributed by atoms with van der Waals surface area (Å²) in [6, 6.07) is 0.0976. The zero-order chi connectivity index (χ0) is 13.7. The molecule has 104 valence electrons. The summed E-state index contributed by atoms with van der Waals surface area (Å²) in [5.74, 6) is 5.49. The van der Waals surface area contributed by atoms with E-state index in [4.69, 9.17) is 10.9 Å². The van der Waals surface area contributed by atoms with E-state index in [0.717, 1.165) is 19.3 Å². The molecule has 1 aromatic rings. The molecule has 7 nitrogen and oxygen atoms in total. The smallest absolute Gasteiger partial charge is 0.274 e. The Morgan fingerprint density at radius 3 is 2.95 bits per heavy atom. The van der Waals surface area contributed by atoms with Crippen LogP contribution in [-0.2, 0) is 0 Å². The van der Waals surface area contributed by atoms with Crippen LogP contribution in [0.3, 0.4) is 0 Å². The Balaban J connectivity index is 2.11. The van der Waals surface area contributed by atoms with Crippen LogP contribution in [0.15, 0.2) is 12.4 Å². The Morgan fingerprint density at radius 2 is 2.32 bits per heavy atom. The highest BCUT2D eigenvalue weighted by atomic mass is 16.3. The zero-order valence-electron chi connectivity index (χ0n) is 10.7. The first kappa shape index (κ1) is 13.7. The minimum atomic E-state index is -0.130. The van der Waals surface area contributed by atoms with Gasteiger partial charge in [0.2, 0.25) is 0 Å². The largest absolute Gasteiger partial charge is 0.396 e. The summed E-state index contributed by atoms with van der Waals surface area (Å²) in [5.41, 5.74) is 2.68. The van der Waals surface area contributed by atoms with Gasteiger partial charge in [0.05, 0.1) is 12.4 Å². The highest BCUT2D eigenvalue weighted by molar-refractivity contribution is 5.92. The van der Waals surface area contributed by atoms with Gasteiger partial charge in [0.1, 0.15) is 5.69 Å². The molecule has 1 amide bonds. The lowest BCUT2D eigenvalue weighted by atomic mass is 9.99. The average Bonchev–Trinajstić information content (AvgIpc) is 2.47. The predicted molar refractivity (Wildman–Crippen MR) is 70.2 cm³/mol. The Morgan fingerprint density at radius 1 is 1.47 bits per heavy atom. The summed E-state index contributed by atoms with van der Waals surface area (Å²) >= 11 is 0. The number of amides is 1. The first-order valence-corrected chi connectivity index (χ1v) is 6.46. The van der Waals surface area contributed by atoms with Gasteiger partial charge in [-0.15, -0.1) is 0 Å². The van der Waals surface area contributed by atoms with Crippen molar-refractivity contribution in [2.75, 3.05) is 18.6 Å². The Bertz CT molecular complexity index is 421. The number of hydrogen-bond donors (Lipinski definition) is 3. The maximum Gasteiger partial charge on any atom is 0.274 e. The van der Waals surface area contributed by atoms with Gasteiger partial charge in [-0.3, -0.25) is 4.79 Å². The number of hydrogen-bond acceptors (Lipinski definition) is 6. The van der Waals surface area contributed by atoms with Crippen molar-refractivity contribution in [2.24, 2.45) is 5.84 Å². The fraction of sp³-hybridized carbons (Fsp3) is 0.583. The van der Waals surface area contributed by atoms with E-state index in [1.807, 2.05) is 0 Å². The molecule has 7 heteroatoms. The van der Waals surface area contributed by atoms with E-state index in [1.54, 1.807) is 4.90 Å². The number of nitrogens with zero attached hydrogens (tertiary/aromatic N) is 3. The Hall–Kier alpha value is -1.73. The lowest BCUT2D eigenvalue weighted by Gasteiger charge is -2.35. The van der Waals surface area contributed by atoms with Gasteiger partial charge in [-0.25, -0.2) is 15.8 Å². The third-order valence-electron chi connectivity index (χ3n) is 3.37. The Kier molecular flexibility index (Phi) is 4.64. The minimum absolute atomic E-state index is 0.0934. The van der Waals surface area contributed by atoms with E-state index in [2.05, 4.69) is 15.4 Å². The van der Waals surface area contributed by atoms with Gasteiger partial charge in [0.25, 0.3) is 5.91 Å². The monoisotopic (exact) mass is 265 g/mol. The topological polar surface area (TPSA) is 104 Å².